The number of guanidine groups is 1. The third kappa shape index (κ3) is 15.1. The van der Waals surface area contributed by atoms with Gasteiger partial charge in [-0.05, 0) is 49.9 Å². The summed E-state index contributed by atoms with van der Waals surface area (Å²) >= 11 is 2.38. The highest BCUT2D eigenvalue weighted by molar-refractivity contribution is 7.99. The molecule has 14 N–H and O–H groups in total. The van der Waals surface area contributed by atoms with Crippen LogP contribution < -0.4 is 49.9 Å². The number of carbonyl (C=O) groups excluding carboxylic acids is 4. The Morgan fingerprint density at radius 3 is 1.53 bits per heavy atom. The zero-order valence-corrected chi connectivity index (χ0v) is 31.5. The Kier molecular flexibility index (Phi) is 18.7. The van der Waals surface area contributed by atoms with Gasteiger partial charge in [0.05, 0.1) is 38.9 Å². The van der Waals surface area contributed by atoms with Crippen LogP contribution in [0.1, 0.15) is 59.5 Å². The van der Waals surface area contributed by atoms with Gasteiger partial charge < -0.3 is 49.9 Å². The molecule has 1 heterocycles. The molecular formula is C34H45F2N13O4S2. The normalized spacial score (nSPS) is 10.9. The van der Waals surface area contributed by atoms with Gasteiger partial charge >= 0.3 is 0 Å². The summed E-state index contributed by atoms with van der Waals surface area (Å²) in [5, 5.41) is 10.6. The molecule has 17 nitrogen and oxygen atoms in total. The second-order valence-corrected chi connectivity index (χ2v) is 13.7. The third-order valence-corrected chi connectivity index (χ3v) is 9.50. The zero-order chi connectivity index (χ0) is 40.2. The quantitative estimate of drug-likeness (QED) is 0.0306. The smallest absolute Gasteiger partial charge is 0.274 e. The van der Waals surface area contributed by atoms with E-state index in [1.165, 1.54) is 29.9 Å². The minimum Gasteiger partial charge on any atom is -0.390 e. The van der Waals surface area contributed by atoms with E-state index in [1.807, 2.05) is 0 Å². The Morgan fingerprint density at radius 2 is 1.11 bits per heavy atom. The summed E-state index contributed by atoms with van der Waals surface area (Å²) in [4.78, 5) is 68.7. The van der Waals surface area contributed by atoms with Crippen LogP contribution in [0.3, 0.4) is 0 Å². The molecule has 3 aromatic rings. The molecule has 4 amide bonds. The maximum absolute atomic E-state index is 14.9. The lowest BCUT2D eigenvalue weighted by molar-refractivity contribution is -0.117. The van der Waals surface area contributed by atoms with Crippen LogP contribution in [-0.2, 0) is 9.59 Å². The maximum atomic E-state index is 14.9. The van der Waals surface area contributed by atoms with E-state index in [1.54, 1.807) is 0 Å². The minimum absolute atomic E-state index is 0.0242. The van der Waals surface area contributed by atoms with Crippen molar-refractivity contribution in [1.29, 1.82) is 0 Å². The molecule has 296 valence electrons. The van der Waals surface area contributed by atoms with E-state index in [9.17, 15) is 28.0 Å². The van der Waals surface area contributed by atoms with Gasteiger partial charge in [-0.25, -0.2) is 18.7 Å². The molecule has 21 heteroatoms. The van der Waals surface area contributed by atoms with Crippen LogP contribution >= 0.6 is 23.5 Å². The first-order valence-electron chi connectivity index (χ1n) is 17.1. The molecule has 0 radical (unpaired) electrons. The SMILES string of the molecule is NC=NCCCCC(=O)Nc1cc(F)cc(NC(=O)c2cc(C(=O)Nc3cc(F)cc(NC(=O)CCCCN=C(N)N)c3SCCN)ncn2)c1SCCN. The number of benzene rings is 2. The average Bonchev–Trinajstić information content (AvgIpc) is 3.13. The lowest BCUT2D eigenvalue weighted by Gasteiger charge is -2.17. The van der Waals surface area contributed by atoms with Crippen LogP contribution in [0.5, 0.6) is 0 Å². The zero-order valence-electron chi connectivity index (χ0n) is 29.9. The largest absolute Gasteiger partial charge is 0.390 e. The molecule has 0 bridgehead atoms. The Bertz CT molecular complexity index is 1860. The van der Waals surface area contributed by atoms with E-state index >= 15 is 0 Å². The first-order chi connectivity index (χ1) is 26.4. The molecule has 0 aliphatic rings. The predicted molar refractivity (Wildman–Crippen MR) is 213 cm³/mol. The van der Waals surface area contributed by atoms with E-state index in [4.69, 9.17) is 28.7 Å². The number of rotatable bonds is 22. The van der Waals surface area contributed by atoms with E-state index in [0.717, 1.165) is 36.7 Å². The fourth-order valence-corrected chi connectivity index (χ4v) is 6.47. The molecule has 0 spiro atoms. The van der Waals surface area contributed by atoms with E-state index in [0.29, 0.717) is 60.1 Å². The van der Waals surface area contributed by atoms with Gasteiger partial charge in [0.15, 0.2) is 5.96 Å². The lowest BCUT2D eigenvalue weighted by atomic mass is 10.2. The van der Waals surface area contributed by atoms with Crippen molar-refractivity contribution in [3.8, 4) is 0 Å². The van der Waals surface area contributed by atoms with E-state index < -0.39 is 29.4 Å². The summed E-state index contributed by atoms with van der Waals surface area (Å²) in [5.74, 6) is -3.18. The van der Waals surface area contributed by atoms with Gasteiger partial charge in [-0.1, -0.05) is 0 Å². The van der Waals surface area contributed by atoms with Gasteiger partial charge in [0.25, 0.3) is 11.8 Å². The molecule has 2 aromatic carbocycles. The molecule has 0 saturated heterocycles. The minimum atomic E-state index is -0.821. The van der Waals surface area contributed by atoms with Gasteiger partial charge in [-0.2, -0.15) is 0 Å². The number of amides is 4. The number of nitrogens with zero attached hydrogens (tertiary/aromatic N) is 4. The van der Waals surface area contributed by atoms with Gasteiger partial charge in [0, 0.05) is 56.6 Å². The maximum Gasteiger partial charge on any atom is 0.274 e. The van der Waals surface area contributed by atoms with Crippen LogP contribution in [0.25, 0.3) is 0 Å². The van der Waals surface area contributed by atoms with Crippen LogP contribution in [-0.4, -0.2) is 83.6 Å². The molecule has 0 fully saturated rings. The van der Waals surface area contributed by atoms with Crippen LogP contribution in [0, 0.1) is 11.6 Å². The summed E-state index contributed by atoms with van der Waals surface area (Å²) in [7, 11) is 0. The number of carbonyl (C=O) groups is 4. The summed E-state index contributed by atoms with van der Waals surface area (Å²) in [6.07, 6.45) is 4.59. The monoisotopic (exact) mass is 801 g/mol. The Hall–Kier alpha value is -5.38. The molecule has 55 heavy (non-hydrogen) atoms. The summed E-state index contributed by atoms with van der Waals surface area (Å²) < 4.78 is 29.7. The Labute approximate surface area is 324 Å². The molecule has 0 saturated carbocycles. The number of anilines is 4. The number of aliphatic imine (C=N–C) groups is 2. The first kappa shape index (κ1) is 44.0. The first-order valence-corrected chi connectivity index (χ1v) is 19.1. The molecule has 0 aliphatic heterocycles. The topological polar surface area (TPSA) is 297 Å². The van der Waals surface area contributed by atoms with Crippen molar-refractivity contribution in [2.45, 2.75) is 48.3 Å². The number of nitrogens with one attached hydrogen (secondary N) is 4. The highest BCUT2D eigenvalue weighted by Crippen LogP contribution is 2.37. The number of nitrogens with two attached hydrogens (primary N) is 5. The summed E-state index contributed by atoms with van der Waals surface area (Å²) in [5.41, 5.74) is 27.1. The second-order valence-electron chi connectivity index (χ2n) is 11.5. The molecule has 0 aliphatic carbocycles. The standard InChI is InChI=1S/C34H45F2N13O4S2/c35-20-13-22(46-28(50)5-1-3-9-42-18-39)30(54-11-7-37)24(15-20)48-32(52)26-17-27(45-19-44-26)33(53)49-25-16-21(36)14-23(31(25)55-12-8-38)47-29(51)6-2-4-10-43-34(40)41/h13-19H,1-12,37-38H2,(H2,39,42)(H,46,50)(H,47,51)(H,48,52)(H,49,53)(H4,40,41,43). The number of aromatic nitrogens is 2. The molecule has 3 rings (SSSR count). The van der Waals surface area contributed by atoms with Crippen molar-refractivity contribution in [3.05, 3.63) is 59.7 Å². The van der Waals surface area contributed by atoms with Crippen molar-refractivity contribution in [3.63, 3.8) is 0 Å². The average molecular weight is 802 g/mol. The van der Waals surface area contributed by atoms with Crippen molar-refractivity contribution in [1.82, 2.24) is 9.97 Å². The lowest BCUT2D eigenvalue weighted by Crippen LogP contribution is -2.23. The van der Waals surface area contributed by atoms with Gasteiger partial charge in [0.1, 0.15) is 29.3 Å². The van der Waals surface area contributed by atoms with Crippen molar-refractivity contribution < 1.29 is 28.0 Å². The fraction of sp³-hybridized carbons (Fsp3) is 0.353. The van der Waals surface area contributed by atoms with Crippen LogP contribution in [0.2, 0.25) is 0 Å². The van der Waals surface area contributed by atoms with Crippen molar-refractivity contribution in [2.24, 2.45) is 38.7 Å². The highest BCUT2D eigenvalue weighted by atomic mass is 32.2. The van der Waals surface area contributed by atoms with Crippen molar-refractivity contribution >= 4 is 82.2 Å². The summed E-state index contributed by atoms with van der Waals surface area (Å²) in [6.45, 7) is 1.32. The van der Waals surface area contributed by atoms with Gasteiger partial charge in [-0.15, -0.1) is 23.5 Å². The third-order valence-electron chi connectivity index (χ3n) is 7.17. The Balaban J connectivity index is 1.80. The fourth-order valence-electron chi connectivity index (χ4n) is 4.76. The predicted octanol–water partition coefficient (Wildman–Crippen LogP) is 2.84. The number of hydrogen-bond acceptors (Lipinski definition) is 12. The second kappa shape index (κ2) is 23.4. The summed E-state index contributed by atoms with van der Waals surface area (Å²) in [6, 6.07) is 5.53. The van der Waals surface area contributed by atoms with Gasteiger partial charge in [-0.3, -0.25) is 29.2 Å². The number of thioether (sulfide) groups is 2. The highest BCUT2D eigenvalue weighted by Gasteiger charge is 2.21. The number of halogens is 2. The molecule has 0 atom stereocenters. The van der Waals surface area contributed by atoms with Crippen LogP contribution in [0.4, 0.5) is 31.5 Å². The van der Waals surface area contributed by atoms with E-state index in [-0.39, 0.29) is 71.9 Å². The number of hydrogen-bond donors (Lipinski definition) is 9. The molecular weight excluding hydrogens is 757 g/mol. The van der Waals surface area contributed by atoms with Gasteiger partial charge in [0.2, 0.25) is 11.8 Å². The van der Waals surface area contributed by atoms with Crippen molar-refractivity contribution in [2.75, 3.05) is 59.0 Å². The van der Waals surface area contributed by atoms with Crippen LogP contribution in [0.15, 0.2) is 56.4 Å². The Morgan fingerprint density at radius 1 is 0.673 bits per heavy atom. The molecule has 1 aromatic heterocycles. The number of unbranched alkanes of at least 4 members (excludes halogenated alkanes) is 2. The molecule has 0 unspecified atom stereocenters. The van der Waals surface area contributed by atoms with E-state index in [2.05, 4.69) is 41.2 Å².